The molecule has 3 heterocycles. The molecule has 128 valence electrons. The van der Waals surface area contributed by atoms with Gasteiger partial charge in [0, 0.05) is 43.6 Å². The van der Waals surface area contributed by atoms with Crippen LogP contribution < -0.4 is 10.6 Å². The molecule has 3 aromatic rings. The smallest absolute Gasteiger partial charge is 0.407 e. The van der Waals surface area contributed by atoms with E-state index in [1.54, 1.807) is 11.3 Å². The predicted molar refractivity (Wildman–Crippen MR) is 99.1 cm³/mol. The van der Waals surface area contributed by atoms with E-state index in [-0.39, 0.29) is 0 Å². The molecule has 1 aliphatic rings. The molecule has 0 bridgehead atoms. The molecule has 8 heteroatoms. The fraction of sp³-hybridized carbons (Fsp3) is 0.235. The Balaban J connectivity index is 1.52. The van der Waals surface area contributed by atoms with Crippen molar-refractivity contribution >= 4 is 39.2 Å². The summed E-state index contributed by atoms with van der Waals surface area (Å²) in [6, 6.07) is 9.68. The molecule has 1 aliphatic heterocycles. The van der Waals surface area contributed by atoms with Crippen LogP contribution in [0.2, 0.25) is 0 Å². The van der Waals surface area contributed by atoms with Crippen LogP contribution in [0.3, 0.4) is 0 Å². The maximum Gasteiger partial charge on any atom is 0.407 e. The lowest BCUT2D eigenvalue weighted by molar-refractivity contribution is 0.142. The van der Waals surface area contributed by atoms with E-state index in [9.17, 15) is 4.79 Å². The van der Waals surface area contributed by atoms with E-state index in [2.05, 4.69) is 14.9 Å². The van der Waals surface area contributed by atoms with Crippen molar-refractivity contribution in [1.82, 2.24) is 14.9 Å². The fourth-order valence-corrected chi connectivity index (χ4v) is 3.90. The van der Waals surface area contributed by atoms with Crippen molar-refractivity contribution in [2.75, 3.05) is 36.8 Å². The van der Waals surface area contributed by atoms with Crippen molar-refractivity contribution in [3.05, 3.63) is 36.5 Å². The number of piperazine rings is 1. The minimum Gasteiger partial charge on any atom is -0.465 e. The molecule has 0 spiro atoms. The SMILES string of the molecule is Nc1ccc2nc(-c3ccc(N4CCN(C(=O)O)CC4)nc3)sc2c1. The average molecular weight is 355 g/mol. The highest BCUT2D eigenvalue weighted by atomic mass is 32.1. The van der Waals surface area contributed by atoms with Crippen molar-refractivity contribution in [3.8, 4) is 10.6 Å². The van der Waals surface area contributed by atoms with E-state index < -0.39 is 6.09 Å². The highest BCUT2D eigenvalue weighted by Gasteiger charge is 2.21. The van der Waals surface area contributed by atoms with E-state index >= 15 is 0 Å². The summed E-state index contributed by atoms with van der Waals surface area (Å²) in [7, 11) is 0. The molecule has 0 radical (unpaired) electrons. The van der Waals surface area contributed by atoms with E-state index in [0.29, 0.717) is 26.2 Å². The molecule has 2 aromatic heterocycles. The predicted octanol–water partition coefficient (Wildman–Crippen LogP) is 2.74. The fourth-order valence-electron chi connectivity index (χ4n) is 2.89. The number of amides is 1. The zero-order valence-electron chi connectivity index (χ0n) is 13.4. The van der Waals surface area contributed by atoms with Crippen molar-refractivity contribution in [3.63, 3.8) is 0 Å². The molecule has 0 unspecified atom stereocenters. The van der Waals surface area contributed by atoms with Gasteiger partial charge in [-0.1, -0.05) is 0 Å². The van der Waals surface area contributed by atoms with Gasteiger partial charge >= 0.3 is 6.09 Å². The van der Waals surface area contributed by atoms with Gasteiger partial charge in [-0.15, -0.1) is 11.3 Å². The highest BCUT2D eigenvalue weighted by molar-refractivity contribution is 7.21. The number of nitrogen functional groups attached to an aromatic ring is 1. The number of rotatable bonds is 2. The number of thiazole rings is 1. The number of nitrogens with two attached hydrogens (primary N) is 1. The molecule has 0 aliphatic carbocycles. The van der Waals surface area contributed by atoms with Gasteiger partial charge in [0.05, 0.1) is 10.2 Å². The van der Waals surface area contributed by atoms with Crippen molar-refractivity contribution in [2.45, 2.75) is 0 Å². The largest absolute Gasteiger partial charge is 0.465 e. The minimum atomic E-state index is -0.862. The van der Waals surface area contributed by atoms with Gasteiger partial charge in [0.15, 0.2) is 0 Å². The van der Waals surface area contributed by atoms with Crippen LogP contribution in [-0.4, -0.2) is 52.2 Å². The molecule has 0 saturated carbocycles. The Morgan fingerprint density at radius 2 is 1.96 bits per heavy atom. The third kappa shape index (κ3) is 3.08. The number of nitrogens with zero attached hydrogens (tertiary/aromatic N) is 4. The maximum atomic E-state index is 11.0. The second kappa shape index (κ2) is 6.21. The Bertz CT molecular complexity index is 916. The molecule has 4 rings (SSSR count). The molecule has 0 atom stereocenters. The van der Waals surface area contributed by atoms with Crippen LogP contribution in [0.1, 0.15) is 0 Å². The van der Waals surface area contributed by atoms with E-state index in [1.165, 1.54) is 4.90 Å². The molecule has 1 aromatic carbocycles. The summed E-state index contributed by atoms with van der Waals surface area (Å²) < 4.78 is 1.06. The first-order chi connectivity index (χ1) is 12.1. The normalized spacial score (nSPS) is 14.9. The lowest BCUT2D eigenvalue weighted by atomic mass is 10.2. The molecule has 25 heavy (non-hydrogen) atoms. The van der Waals surface area contributed by atoms with Crippen LogP contribution in [0.15, 0.2) is 36.5 Å². The molecule has 1 fully saturated rings. The van der Waals surface area contributed by atoms with Gasteiger partial charge in [-0.3, -0.25) is 0 Å². The lowest BCUT2D eigenvalue weighted by Crippen LogP contribution is -2.48. The number of hydrogen-bond acceptors (Lipinski definition) is 6. The molecule has 7 nitrogen and oxygen atoms in total. The van der Waals surface area contributed by atoms with Crippen molar-refractivity contribution in [2.24, 2.45) is 0 Å². The summed E-state index contributed by atoms with van der Waals surface area (Å²) in [4.78, 5) is 23.7. The summed E-state index contributed by atoms with van der Waals surface area (Å²) >= 11 is 1.59. The Morgan fingerprint density at radius 3 is 2.64 bits per heavy atom. The van der Waals surface area contributed by atoms with Gasteiger partial charge < -0.3 is 20.6 Å². The lowest BCUT2D eigenvalue weighted by Gasteiger charge is -2.33. The van der Waals surface area contributed by atoms with Gasteiger partial charge in [-0.2, -0.15) is 0 Å². The van der Waals surface area contributed by atoms with Gasteiger partial charge in [0.1, 0.15) is 10.8 Å². The first-order valence-corrected chi connectivity index (χ1v) is 8.77. The molecule has 1 saturated heterocycles. The summed E-state index contributed by atoms with van der Waals surface area (Å²) in [6.45, 7) is 2.30. The summed E-state index contributed by atoms with van der Waals surface area (Å²) in [6.07, 6.45) is 0.958. The molecule has 1 amide bonds. The topological polar surface area (TPSA) is 95.6 Å². The summed E-state index contributed by atoms with van der Waals surface area (Å²) in [5, 5.41) is 9.93. The number of aromatic nitrogens is 2. The van der Waals surface area contributed by atoms with E-state index in [1.807, 2.05) is 36.5 Å². The van der Waals surface area contributed by atoms with Crippen LogP contribution in [0, 0.1) is 0 Å². The molecular formula is C17H17N5O2S. The Morgan fingerprint density at radius 1 is 1.16 bits per heavy atom. The quantitative estimate of drug-likeness (QED) is 0.686. The van der Waals surface area contributed by atoms with E-state index in [0.717, 1.165) is 32.3 Å². The van der Waals surface area contributed by atoms with Crippen molar-refractivity contribution < 1.29 is 9.90 Å². The second-order valence-electron chi connectivity index (χ2n) is 5.91. The molecule has 3 N–H and O–H groups in total. The van der Waals surface area contributed by atoms with Gasteiger partial charge in [0.2, 0.25) is 0 Å². The monoisotopic (exact) mass is 355 g/mol. The van der Waals surface area contributed by atoms with Crippen LogP contribution in [-0.2, 0) is 0 Å². The van der Waals surface area contributed by atoms with Gasteiger partial charge in [-0.05, 0) is 30.3 Å². The van der Waals surface area contributed by atoms with Gasteiger partial charge in [0.25, 0.3) is 0 Å². The number of pyridine rings is 1. The second-order valence-corrected chi connectivity index (χ2v) is 6.94. The maximum absolute atomic E-state index is 11.0. The number of anilines is 2. The zero-order chi connectivity index (χ0) is 17.4. The number of benzene rings is 1. The Kier molecular flexibility index (Phi) is 3.89. The third-order valence-corrected chi connectivity index (χ3v) is 5.35. The van der Waals surface area contributed by atoms with Crippen molar-refractivity contribution in [1.29, 1.82) is 0 Å². The van der Waals surface area contributed by atoms with Crippen LogP contribution in [0.4, 0.5) is 16.3 Å². The first kappa shape index (κ1) is 15.6. The number of fused-ring (bicyclic) bond motifs is 1. The standard InChI is InChI=1S/C17H17N5O2S/c18-12-2-3-13-14(9-12)25-16(20-13)11-1-4-15(19-10-11)21-5-7-22(8-6-21)17(23)24/h1-4,9-10H,5-8,18H2,(H,23,24). The Labute approximate surface area is 148 Å². The summed E-state index contributed by atoms with van der Waals surface area (Å²) in [5.41, 5.74) is 8.46. The average Bonchev–Trinajstić information content (AvgIpc) is 3.05. The molecular weight excluding hydrogens is 338 g/mol. The number of hydrogen-bond donors (Lipinski definition) is 2. The third-order valence-electron chi connectivity index (χ3n) is 4.28. The first-order valence-electron chi connectivity index (χ1n) is 7.95. The van der Waals surface area contributed by atoms with Crippen LogP contribution in [0.5, 0.6) is 0 Å². The van der Waals surface area contributed by atoms with Gasteiger partial charge in [-0.25, -0.2) is 14.8 Å². The Hall–Kier alpha value is -2.87. The van der Waals surface area contributed by atoms with Crippen LogP contribution in [0.25, 0.3) is 20.8 Å². The summed E-state index contributed by atoms with van der Waals surface area (Å²) in [5.74, 6) is 0.860. The zero-order valence-corrected chi connectivity index (χ0v) is 14.2. The highest BCUT2D eigenvalue weighted by Crippen LogP contribution is 2.31. The minimum absolute atomic E-state index is 0.498. The van der Waals surface area contributed by atoms with Crippen LogP contribution >= 0.6 is 11.3 Å². The van der Waals surface area contributed by atoms with E-state index in [4.69, 9.17) is 10.8 Å². The number of carboxylic acid groups (broad SMARTS) is 1. The number of carbonyl (C=O) groups is 1.